The van der Waals surface area contributed by atoms with Crippen LogP contribution in [0.4, 0.5) is 0 Å². The minimum Gasteiger partial charge on any atom is -0.493 e. The average molecular weight is 521 g/mol. The second-order valence-electron chi connectivity index (χ2n) is 9.00. The van der Waals surface area contributed by atoms with Gasteiger partial charge >= 0.3 is 0 Å². The molecule has 0 radical (unpaired) electrons. The van der Waals surface area contributed by atoms with Gasteiger partial charge in [0.2, 0.25) is 5.88 Å². The van der Waals surface area contributed by atoms with Gasteiger partial charge in [-0.25, -0.2) is 14.5 Å². The van der Waals surface area contributed by atoms with Gasteiger partial charge in [-0.3, -0.25) is 0 Å². The minimum absolute atomic E-state index is 0.252. The fourth-order valence-corrected chi connectivity index (χ4v) is 5.40. The van der Waals surface area contributed by atoms with E-state index in [-0.39, 0.29) is 5.92 Å². The normalized spacial score (nSPS) is 14.1. The molecule has 0 amide bonds. The summed E-state index contributed by atoms with van der Waals surface area (Å²) in [6.07, 6.45) is 1.63. The van der Waals surface area contributed by atoms with Gasteiger partial charge in [0.1, 0.15) is 12.1 Å². The number of hydrogen-bond acceptors (Lipinski definition) is 6. The third kappa shape index (κ3) is 3.39. The zero-order chi connectivity index (χ0) is 25.8. The van der Waals surface area contributed by atoms with Crippen LogP contribution in [0.3, 0.4) is 0 Å². The average Bonchev–Trinajstić information content (AvgIpc) is 3.40. The number of aromatic nitrogens is 4. The smallest absolute Gasteiger partial charge is 0.228 e. The summed E-state index contributed by atoms with van der Waals surface area (Å²) in [7, 11) is 3.26. The van der Waals surface area contributed by atoms with Crippen LogP contribution in [0.2, 0.25) is 5.02 Å². The Kier molecular flexibility index (Phi) is 5.19. The molecule has 8 heteroatoms. The van der Waals surface area contributed by atoms with E-state index in [0.29, 0.717) is 33.9 Å². The molecule has 0 fully saturated rings. The summed E-state index contributed by atoms with van der Waals surface area (Å²) in [6, 6.07) is 25.9. The van der Waals surface area contributed by atoms with Gasteiger partial charge in [-0.1, -0.05) is 66.2 Å². The number of rotatable bonds is 4. The molecule has 4 aromatic carbocycles. The monoisotopic (exact) mass is 520 g/mol. The Bertz CT molecular complexity index is 1870. The molecule has 7 nitrogen and oxygen atoms in total. The summed E-state index contributed by atoms with van der Waals surface area (Å²) in [5.74, 6) is 2.82. The van der Waals surface area contributed by atoms with E-state index in [4.69, 9.17) is 35.9 Å². The maximum absolute atomic E-state index is 6.52. The largest absolute Gasteiger partial charge is 0.493 e. The van der Waals surface area contributed by atoms with Crippen molar-refractivity contribution in [3.05, 3.63) is 107 Å². The van der Waals surface area contributed by atoms with Gasteiger partial charge in [0.25, 0.3) is 0 Å². The van der Waals surface area contributed by atoms with Crippen LogP contribution in [-0.2, 0) is 0 Å². The summed E-state index contributed by atoms with van der Waals surface area (Å²) in [6.45, 7) is 0. The Hall–Kier alpha value is -4.62. The van der Waals surface area contributed by atoms with Crippen molar-refractivity contribution in [1.82, 2.24) is 19.6 Å². The van der Waals surface area contributed by atoms with Crippen LogP contribution in [-0.4, -0.2) is 33.8 Å². The molecule has 1 atom stereocenters. The third-order valence-electron chi connectivity index (χ3n) is 6.95. The minimum atomic E-state index is -0.252. The molecule has 0 bridgehead atoms. The molecule has 2 aromatic heterocycles. The van der Waals surface area contributed by atoms with Gasteiger partial charge in [-0.05, 0) is 35.2 Å². The van der Waals surface area contributed by atoms with Crippen molar-refractivity contribution < 1.29 is 14.2 Å². The van der Waals surface area contributed by atoms with E-state index < -0.39 is 0 Å². The zero-order valence-corrected chi connectivity index (χ0v) is 21.3. The first-order chi connectivity index (χ1) is 18.7. The summed E-state index contributed by atoms with van der Waals surface area (Å²) in [5.41, 5.74) is 4.19. The first-order valence-electron chi connectivity index (χ1n) is 12.1. The number of nitrogens with zero attached hydrogens (tertiary/aromatic N) is 4. The van der Waals surface area contributed by atoms with E-state index in [2.05, 4.69) is 29.2 Å². The van der Waals surface area contributed by atoms with Crippen molar-refractivity contribution >= 4 is 28.0 Å². The fraction of sp³-hybridized carbons (Fsp3) is 0.100. The molecular weight excluding hydrogens is 500 g/mol. The van der Waals surface area contributed by atoms with Gasteiger partial charge in [-0.15, -0.1) is 5.10 Å². The summed E-state index contributed by atoms with van der Waals surface area (Å²) < 4.78 is 19.4. The maximum Gasteiger partial charge on any atom is 0.228 e. The van der Waals surface area contributed by atoms with Crippen LogP contribution >= 0.6 is 11.6 Å². The Morgan fingerprint density at radius 1 is 0.895 bits per heavy atom. The molecule has 7 rings (SSSR count). The molecule has 6 aromatic rings. The second-order valence-corrected chi connectivity index (χ2v) is 9.41. The molecule has 0 aliphatic carbocycles. The van der Waals surface area contributed by atoms with Crippen molar-refractivity contribution in [3.63, 3.8) is 0 Å². The summed E-state index contributed by atoms with van der Waals surface area (Å²) >= 11 is 6.48. The zero-order valence-electron chi connectivity index (χ0n) is 20.6. The van der Waals surface area contributed by atoms with E-state index in [1.54, 1.807) is 25.1 Å². The molecule has 0 unspecified atom stereocenters. The molecule has 0 spiro atoms. The van der Waals surface area contributed by atoms with Crippen LogP contribution in [0.25, 0.3) is 27.8 Å². The lowest BCUT2D eigenvalue weighted by Crippen LogP contribution is -2.15. The molecule has 38 heavy (non-hydrogen) atoms. The number of fused-ring (bicyclic) bond motifs is 6. The standard InChI is InChI=1S/C30H21ClN4O3/c1-36-23-14-12-18(15-24(23)37-2)25-21-13-11-17-7-3-4-8-19(17)27(21)38-30-26(25)29-33-28(34-35(29)16-32-30)20-9-5-6-10-22(20)31/h3-16,25H,1-2H3/t25-/m0/s1. The van der Waals surface area contributed by atoms with Crippen LogP contribution < -0.4 is 14.2 Å². The molecule has 1 aliphatic heterocycles. The predicted octanol–water partition coefficient (Wildman–Crippen LogP) is 6.90. The third-order valence-corrected chi connectivity index (χ3v) is 7.28. The molecule has 0 saturated carbocycles. The summed E-state index contributed by atoms with van der Waals surface area (Å²) in [5, 5.41) is 7.39. The highest BCUT2D eigenvalue weighted by molar-refractivity contribution is 6.33. The Labute approximate surface area is 223 Å². The van der Waals surface area contributed by atoms with Gasteiger partial charge in [0, 0.05) is 22.4 Å². The Balaban J connectivity index is 1.52. The SMILES string of the molecule is COc1ccc([C@H]2c3ccc4ccccc4c3Oc3ncn4nc(-c5ccccc5Cl)nc4c32)cc1OC. The van der Waals surface area contributed by atoms with Crippen LogP contribution in [0.5, 0.6) is 23.1 Å². The lowest BCUT2D eigenvalue weighted by atomic mass is 9.82. The number of methoxy groups -OCH3 is 2. The molecular formula is C30H21ClN4O3. The number of ether oxygens (including phenoxy) is 3. The van der Waals surface area contributed by atoms with E-state index in [1.807, 2.05) is 54.6 Å². The highest BCUT2D eigenvalue weighted by Crippen LogP contribution is 2.51. The van der Waals surface area contributed by atoms with Crippen molar-refractivity contribution in [1.29, 1.82) is 0 Å². The van der Waals surface area contributed by atoms with Gasteiger partial charge < -0.3 is 14.2 Å². The topological polar surface area (TPSA) is 70.8 Å². The highest BCUT2D eigenvalue weighted by atomic mass is 35.5. The van der Waals surface area contributed by atoms with Crippen LogP contribution in [0.1, 0.15) is 22.6 Å². The lowest BCUT2D eigenvalue weighted by molar-refractivity contribution is 0.354. The van der Waals surface area contributed by atoms with Gasteiger partial charge in [0.05, 0.1) is 24.8 Å². The van der Waals surface area contributed by atoms with E-state index >= 15 is 0 Å². The number of halogens is 1. The molecule has 1 aliphatic rings. The first-order valence-corrected chi connectivity index (χ1v) is 12.5. The molecule has 3 heterocycles. The van der Waals surface area contributed by atoms with E-state index in [9.17, 15) is 0 Å². The highest BCUT2D eigenvalue weighted by Gasteiger charge is 2.35. The van der Waals surface area contributed by atoms with Gasteiger partial charge in [-0.2, -0.15) is 0 Å². The first kappa shape index (κ1) is 22.6. The van der Waals surface area contributed by atoms with Crippen LogP contribution in [0.15, 0.2) is 85.2 Å². The Morgan fingerprint density at radius 2 is 1.71 bits per heavy atom. The van der Waals surface area contributed by atoms with Crippen molar-refractivity contribution in [3.8, 4) is 34.5 Å². The van der Waals surface area contributed by atoms with E-state index in [1.165, 1.54) is 0 Å². The van der Waals surface area contributed by atoms with Gasteiger partial charge in [0.15, 0.2) is 23.0 Å². The van der Waals surface area contributed by atoms with Crippen LogP contribution in [0, 0.1) is 0 Å². The van der Waals surface area contributed by atoms with Crippen molar-refractivity contribution in [2.75, 3.05) is 14.2 Å². The Morgan fingerprint density at radius 3 is 2.55 bits per heavy atom. The number of hydrogen-bond donors (Lipinski definition) is 0. The second kappa shape index (κ2) is 8.75. The predicted molar refractivity (Wildman–Crippen MR) is 146 cm³/mol. The molecule has 186 valence electrons. The van der Waals surface area contributed by atoms with E-state index in [0.717, 1.165) is 38.8 Å². The van der Waals surface area contributed by atoms with Crippen molar-refractivity contribution in [2.45, 2.75) is 5.92 Å². The van der Waals surface area contributed by atoms with Crippen molar-refractivity contribution in [2.24, 2.45) is 0 Å². The quantitative estimate of drug-likeness (QED) is 0.251. The molecule has 0 N–H and O–H groups in total. The summed E-state index contributed by atoms with van der Waals surface area (Å²) in [4.78, 5) is 9.62. The maximum atomic E-state index is 6.52. The lowest BCUT2D eigenvalue weighted by Gasteiger charge is -2.29. The number of benzene rings is 4. The fourth-order valence-electron chi connectivity index (χ4n) is 5.18. The molecule has 0 saturated heterocycles.